The molecule has 0 atom stereocenters. The second kappa shape index (κ2) is 15.6. The van der Waals surface area contributed by atoms with Crippen LogP contribution in [-0.4, -0.2) is 108 Å². The van der Waals surface area contributed by atoms with Crippen LogP contribution < -0.4 is 20.7 Å². The van der Waals surface area contributed by atoms with E-state index in [2.05, 4.69) is 40.9 Å². The Hall–Kier alpha value is -5.56. The van der Waals surface area contributed by atoms with Gasteiger partial charge in [-0.3, -0.25) is 29.6 Å². The number of para-hydroxylation sites is 1. The Morgan fingerprint density at radius 2 is 1.86 bits per heavy atom. The lowest BCUT2D eigenvalue weighted by molar-refractivity contribution is -0.323. The number of aliphatic hydroxyl groups is 3. The first-order chi connectivity index (χ1) is 23.5. The smallest absolute Gasteiger partial charge is 0.369 e. The summed E-state index contributed by atoms with van der Waals surface area (Å²) in [5.41, 5.74) is 1.53. The Labute approximate surface area is 280 Å². The number of aromatic nitrogens is 5. The quantitative estimate of drug-likeness (QED) is 0.0942. The highest BCUT2D eigenvalue weighted by Crippen LogP contribution is 2.38. The Kier molecular flexibility index (Phi) is 11.0. The third kappa shape index (κ3) is 9.73. The molecule has 18 heteroatoms. The van der Waals surface area contributed by atoms with Crippen LogP contribution in [0.25, 0.3) is 11.5 Å². The summed E-state index contributed by atoms with van der Waals surface area (Å²) in [4.78, 5) is 48.1. The summed E-state index contributed by atoms with van der Waals surface area (Å²) in [6, 6.07) is 10.3. The van der Waals surface area contributed by atoms with E-state index in [1.54, 1.807) is 34.6 Å². The van der Waals surface area contributed by atoms with Crippen molar-refractivity contribution in [3.05, 3.63) is 65.9 Å². The molecular formula is C31H36N10O8. The number of nitrogens with zero attached hydrogens (tertiary/aromatic N) is 7. The summed E-state index contributed by atoms with van der Waals surface area (Å²) in [5.74, 6) is -0.625. The minimum absolute atomic E-state index is 0.00557. The van der Waals surface area contributed by atoms with Crippen molar-refractivity contribution in [3.63, 3.8) is 0 Å². The minimum Gasteiger partial charge on any atom is -0.494 e. The largest absolute Gasteiger partial charge is 0.494 e. The maximum Gasteiger partial charge on any atom is 0.369 e. The zero-order valence-corrected chi connectivity index (χ0v) is 26.7. The molecule has 1 aliphatic carbocycles. The Bertz CT molecular complexity index is 1750. The highest BCUT2D eigenvalue weighted by Gasteiger charge is 2.31. The lowest BCUT2D eigenvalue weighted by atomic mass is 10.1. The highest BCUT2D eigenvalue weighted by atomic mass is 16.7. The van der Waals surface area contributed by atoms with Crippen LogP contribution in [0.5, 0.6) is 5.75 Å². The molecule has 2 aliphatic rings. The van der Waals surface area contributed by atoms with E-state index in [1.165, 1.54) is 18.7 Å². The number of hydrogen-bond acceptors (Lipinski definition) is 15. The standard InChI is InChI=1S/C25H29N9O8.C6H7N/c1-41-21-15(24-28-19(32-42-24)12-33-7-9-34(13-35)10-8-33)3-2-4-16(21)26-17-11-18(27-22(36)14-5-6-14)30-31-20(17)23(37)29-25(38,39)40;1-6-3-2-4-7-5-6/h2-4,11,13-14,38-40H,5-10,12H2,1H3,(H,29,37)(H2,26,27,30,36);2-5H,1H3. The lowest BCUT2D eigenvalue weighted by Gasteiger charge is -2.31. The summed E-state index contributed by atoms with van der Waals surface area (Å²) >= 11 is 0. The summed E-state index contributed by atoms with van der Waals surface area (Å²) in [7, 11) is 1.42. The van der Waals surface area contributed by atoms with Crippen LogP contribution in [0, 0.1) is 12.8 Å². The second-order valence-corrected chi connectivity index (χ2v) is 11.3. The number of piperazine rings is 1. The van der Waals surface area contributed by atoms with Crippen molar-refractivity contribution in [1.29, 1.82) is 0 Å². The summed E-state index contributed by atoms with van der Waals surface area (Å²) in [6.45, 7) is 5.02. The molecule has 0 radical (unpaired) electrons. The van der Waals surface area contributed by atoms with Crippen molar-refractivity contribution in [1.82, 2.24) is 40.4 Å². The SMILES string of the molecule is COc1c(Nc2cc(NC(=O)C3CC3)nnc2C(=O)NC(O)(O)O)cccc1-c1nc(CN2CCN(C=O)CC2)no1.Cc1cccnc1. The van der Waals surface area contributed by atoms with Crippen molar-refractivity contribution in [3.8, 4) is 17.2 Å². The van der Waals surface area contributed by atoms with Gasteiger partial charge in [0.25, 0.3) is 11.8 Å². The zero-order chi connectivity index (χ0) is 35.0. The van der Waals surface area contributed by atoms with Gasteiger partial charge in [-0.05, 0) is 43.5 Å². The molecule has 0 unspecified atom stereocenters. The van der Waals surface area contributed by atoms with Gasteiger partial charge < -0.3 is 40.1 Å². The number of methoxy groups -OCH3 is 1. The number of rotatable bonds is 11. The number of anilines is 3. The van der Waals surface area contributed by atoms with E-state index < -0.39 is 17.7 Å². The predicted octanol–water partition coefficient (Wildman–Crippen LogP) is 0.609. The third-order valence-electron chi connectivity index (χ3n) is 7.41. The van der Waals surface area contributed by atoms with Crippen molar-refractivity contribution in [2.75, 3.05) is 43.9 Å². The number of hydrogen-bond donors (Lipinski definition) is 6. The van der Waals surface area contributed by atoms with E-state index in [1.807, 2.05) is 25.3 Å². The van der Waals surface area contributed by atoms with Gasteiger partial charge in [-0.15, -0.1) is 10.2 Å². The fourth-order valence-electron chi connectivity index (χ4n) is 4.77. The zero-order valence-electron chi connectivity index (χ0n) is 26.7. The van der Waals surface area contributed by atoms with Gasteiger partial charge in [0, 0.05) is 50.6 Å². The molecule has 2 fully saturated rings. The van der Waals surface area contributed by atoms with Gasteiger partial charge in [-0.2, -0.15) is 4.98 Å². The summed E-state index contributed by atoms with van der Waals surface area (Å²) < 4.78 is 11.1. The molecule has 1 saturated carbocycles. The van der Waals surface area contributed by atoms with Gasteiger partial charge in [-0.25, -0.2) is 0 Å². The molecule has 1 saturated heterocycles. The maximum atomic E-state index is 12.7. The monoisotopic (exact) mass is 676 g/mol. The molecule has 4 heterocycles. The van der Waals surface area contributed by atoms with Crippen LogP contribution in [0.3, 0.4) is 0 Å². The normalized spacial score (nSPS) is 14.7. The molecule has 1 aliphatic heterocycles. The van der Waals surface area contributed by atoms with Gasteiger partial charge in [0.2, 0.25) is 12.3 Å². The number of amides is 3. The summed E-state index contributed by atoms with van der Waals surface area (Å²) in [5, 5.41) is 46.6. The average Bonchev–Trinajstić information content (AvgIpc) is 3.84. The molecular weight excluding hydrogens is 640 g/mol. The number of ether oxygens (including phenoxy) is 1. The van der Waals surface area contributed by atoms with Crippen LogP contribution in [0.15, 0.2) is 53.3 Å². The van der Waals surface area contributed by atoms with Crippen LogP contribution in [-0.2, 0) is 16.1 Å². The minimum atomic E-state index is -3.51. The van der Waals surface area contributed by atoms with Crippen LogP contribution in [0.4, 0.5) is 17.2 Å². The maximum absolute atomic E-state index is 12.7. The van der Waals surface area contributed by atoms with E-state index in [9.17, 15) is 29.7 Å². The first kappa shape index (κ1) is 34.8. The van der Waals surface area contributed by atoms with E-state index >= 15 is 0 Å². The molecule has 0 bridgehead atoms. The molecule has 49 heavy (non-hydrogen) atoms. The predicted molar refractivity (Wildman–Crippen MR) is 172 cm³/mol. The molecule has 1 aromatic carbocycles. The van der Waals surface area contributed by atoms with Crippen molar-refractivity contribution in [2.45, 2.75) is 32.4 Å². The Morgan fingerprint density at radius 3 is 2.47 bits per heavy atom. The van der Waals surface area contributed by atoms with Crippen LogP contribution in [0.2, 0.25) is 0 Å². The van der Waals surface area contributed by atoms with Crippen LogP contribution >= 0.6 is 0 Å². The third-order valence-corrected chi connectivity index (χ3v) is 7.41. The molecule has 258 valence electrons. The first-order valence-corrected chi connectivity index (χ1v) is 15.3. The van der Waals surface area contributed by atoms with Crippen molar-refractivity contribution < 1.29 is 39.0 Å². The van der Waals surface area contributed by atoms with Gasteiger partial charge >= 0.3 is 6.10 Å². The molecule has 3 amide bonds. The van der Waals surface area contributed by atoms with Gasteiger partial charge in [-0.1, -0.05) is 17.3 Å². The molecule has 4 aromatic rings. The second-order valence-electron chi connectivity index (χ2n) is 11.3. The Balaban J connectivity index is 0.000000595. The van der Waals surface area contributed by atoms with Crippen LogP contribution in [0.1, 0.15) is 34.7 Å². The molecule has 6 rings (SSSR count). The number of benzene rings is 1. The van der Waals surface area contributed by atoms with E-state index in [-0.39, 0.29) is 35.0 Å². The molecule has 3 aromatic heterocycles. The first-order valence-electron chi connectivity index (χ1n) is 15.3. The number of nitrogens with one attached hydrogen (secondary N) is 3. The molecule has 18 nitrogen and oxygen atoms in total. The number of pyridine rings is 1. The number of carbonyl (C=O) groups excluding carboxylic acids is 3. The number of carbonyl (C=O) groups is 3. The fraction of sp³-hybridized carbons (Fsp3) is 0.355. The van der Waals surface area contributed by atoms with Gasteiger partial charge in [0.05, 0.1) is 30.6 Å². The van der Waals surface area contributed by atoms with E-state index in [0.717, 1.165) is 19.3 Å². The highest BCUT2D eigenvalue weighted by molar-refractivity contribution is 6.00. The molecule has 6 N–H and O–H groups in total. The van der Waals surface area contributed by atoms with Gasteiger partial charge in [0.15, 0.2) is 23.1 Å². The van der Waals surface area contributed by atoms with Crippen molar-refractivity contribution >= 4 is 35.4 Å². The van der Waals surface area contributed by atoms with E-state index in [0.29, 0.717) is 49.8 Å². The topological polar surface area (TPSA) is 241 Å². The Morgan fingerprint density at radius 1 is 1.08 bits per heavy atom. The van der Waals surface area contributed by atoms with Gasteiger partial charge in [0.1, 0.15) is 0 Å². The number of aryl methyl sites for hydroxylation is 1. The summed E-state index contributed by atoms with van der Waals surface area (Å²) in [6.07, 6.45) is 2.44. The molecule has 0 spiro atoms. The van der Waals surface area contributed by atoms with E-state index in [4.69, 9.17) is 9.26 Å². The fourth-order valence-corrected chi connectivity index (χ4v) is 4.77. The van der Waals surface area contributed by atoms with Crippen molar-refractivity contribution in [2.24, 2.45) is 5.92 Å². The lowest BCUT2D eigenvalue weighted by Crippen LogP contribution is -2.48. The average molecular weight is 677 g/mol.